The standard InChI is InChI=1S/C36H31N5O3S2/c1-23(42)33-32(12-6-20-44-27-15-13-24(14-16-27)26-8-5-18-37-21-26)46-36(39-33)41-19-17-25-7-4-9-28(29(25)22-41)34(43)40-35-38-30-10-2-3-11-31(30)45-35/h2-5,7-11,13-16,18,21H,6,12,17,19-20,22H2,1H3,(H,38,40,43). The molecule has 1 N–H and O–H groups in total. The van der Waals surface area contributed by atoms with Crippen molar-refractivity contribution < 1.29 is 14.3 Å². The normalized spacial score (nSPS) is 12.6. The van der Waals surface area contributed by atoms with E-state index < -0.39 is 0 Å². The molecule has 3 aromatic heterocycles. The predicted octanol–water partition coefficient (Wildman–Crippen LogP) is 7.84. The van der Waals surface area contributed by atoms with E-state index in [1.165, 1.54) is 11.3 Å². The lowest BCUT2D eigenvalue weighted by atomic mass is 9.94. The fourth-order valence-corrected chi connectivity index (χ4v) is 7.70. The number of carbonyl (C=O) groups excluding carboxylic acids is 2. The highest BCUT2D eigenvalue weighted by atomic mass is 32.1. The Hall–Kier alpha value is -4.93. The molecule has 0 unspecified atom stereocenters. The van der Waals surface area contributed by atoms with E-state index >= 15 is 0 Å². The van der Waals surface area contributed by atoms with Crippen LogP contribution < -0.4 is 15.0 Å². The summed E-state index contributed by atoms with van der Waals surface area (Å²) < 4.78 is 7.04. The third-order valence-electron chi connectivity index (χ3n) is 7.99. The number of fused-ring (bicyclic) bond motifs is 2. The minimum Gasteiger partial charge on any atom is -0.494 e. The van der Waals surface area contributed by atoms with Gasteiger partial charge in [0.15, 0.2) is 16.0 Å². The first-order valence-electron chi connectivity index (χ1n) is 15.2. The maximum atomic E-state index is 13.4. The molecule has 8 nitrogen and oxygen atoms in total. The average molecular weight is 646 g/mol. The monoisotopic (exact) mass is 645 g/mol. The fraction of sp³-hybridized carbons (Fsp3) is 0.194. The van der Waals surface area contributed by atoms with Crippen molar-refractivity contribution in [1.82, 2.24) is 15.0 Å². The average Bonchev–Trinajstić information content (AvgIpc) is 3.71. The van der Waals surface area contributed by atoms with Crippen LogP contribution in [-0.2, 0) is 19.4 Å². The highest BCUT2D eigenvalue weighted by molar-refractivity contribution is 7.22. The minimum atomic E-state index is -0.172. The van der Waals surface area contributed by atoms with Crippen LogP contribution in [0.4, 0.5) is 10.3 Å². The molecule has 0 radical (unpaired) electrons. The molecule has 1 aliphatic rings. The summed E-state index contributed by atoms with van der Waals surface area (Å²) >= 11 is 3.02. The summed E-state index contributed by atoms with van der Waals surface area (Å²) in [4.78, 5) is 42.7. The molecule has 3 aromatic carbocycles. The molecule has 0 saturated heterocycles. The Kier molecular flexibility index (Phi) is 8.54. The number of Topliss-reactive ketones (excluding diaryl/α,β-unsaturated/α-hetero) is 1. The summed E-state index contributed by atoms with van der Waals surface area (Å²) in [5.41, 5.74) is 6.31. The summed E-state index contributed by atoms with van der Waals surface area (Å²) in [6.07, 6.45) is 5.84. The van der Waals surface area contributed by atoms with Crippen molar-refractivity contribution in [2.45, 2.75) is 32.7 Å². The van der Waals surface area contributed by atoms with Crippen LogP contribution >= 0.6 is 22.7 Å². The molecule has 0 bridgehead atoms. The van der Waals surface area contributed by atoms with E-state index in [2.05, 4.69) is 26.3 Å². The quantitative estimate of drug-likeness (QED) is 0.120. The summed E-state index contributed by atoms with van der Waals surface area (Å²) in [5.74, 6) is 0.589. The van der Waals surface area contributed by atoms with Gasteiger partial charge < -0.3 is 9.64 Å². The van der Waals surface area contributed by atoms with E-state index in [0.717, 1.165) is 67.6 Å². The Balaban J connectivity index is 1.01. The first-order valence-corrected chi connectivity index (χ1v) is 16.8. The Morgan fingerprint density at radius 3 is 2.61 bits per heavy atom. The topological polar surface area (TPSA) is 97.3 Å². The van der Waals surface area contributed by atoms with Crippen LogP contribution in [0.3, 0.4) is 0 Å². The van der Waals surface area contributed by atoms with Gasteiger partial charge in [0.05, 0.1) is 16.8 Å². The van der Waals surface area contributed by atoms with Gasteiger partial charge in [-0.3, -0.25) is 19.9 Å². The molecule has 0 saturated carbocycles. The number of ketones is 1. The van der Waals surface area contributed by atoms with Crippen molar-refractivity contribution in [3.05, 3.63) is 119 Å². The van der Waals surface area contributed by atoms with Crippen LogP contribution in [0.25, 0.3) is 21.3 Å². The zero-order chi connectivity index (χ0) is 31.5. The van der Waals surface area contributed by atoms with E-state index in [1.807, 2.05) is 79.0 Å². The molecule has 4 heterocycles. The molecule has 6 aromatic rings. The molecule has 0 aliphatic carbocycles. The van der Waals surface area contributed by atoms with Crippen molar-refractivity contribution in [2.24, 2.45) is 0 Å². The number of nitrogens with zero attached hydrogens (tertiary/aromatic N) is 4. The number of rotatable bonds is 10. The number of para-hydroxylation sites is 1. The van der Waals surface area contributed by atoms with Gasteiger partial charge in [-0.1, -0.05) is 53.8 Å². The SMILES string of the molecule is CC(=O)c1nc(N2CCc3cccc(C(=O)Nc4nc5ccccc5s4)c3C2)sc1CCCOc1ccc(-c2cccnc2)cc1. The van der Waals surface area contributed by atoms with E-state index in [1.54, 1.807) is 24.5 Å². The lowest BCUT2D eigenvalue weighted by Gasteiger charge is -2.29. The first-order chi connectivity index (χ1) is 22.5. The maximum Gasteiger partial charge on any atom is 0.257 e. The van der Waals surface area contributed by atoms with Gasteiger partial charge in [0.2, 0.25) is 0 Å². The summed E-state index contributed by atoms with van der Waals surface area (Å²) in [5, 5.41) is 4.40. The van der Waals surface area contributed by atoms with E-state index in [0.29, 0.717) is 36.0 Å². The highest BCUT2D eigenvalue weighted by Crippen LogP contribution is 2.33. The number of nitrogens with one attached hydrogen (secondary N) is 1. The number of thiazole rings is 2. The fourth-order valence-electron chi connectivity index (χ4n) is 5.67. The minimum absolute atomic E-state index is 0.0438. The van der Waals surface area contributed by atoms with Crippen LogP contribution in [0.5, 0.6) is 5.75 Å². The number of ether oxygens (including phenoxy) is 1. The lowest BCUT2D eigenvalue weighted by molar-refractivity contribution is 0.100. The number of amides is 1. The molecule has 0 atom stereocenters. The van der Waals surface area contributed by atoms with Gasteiger partial charge in [0.1, 0.15) is 11.4 Å². The Labute approximate surface area is 274 Å². The smallest absolute Gasteiger partial charge is 0.257 e. The van der Waals surface area contributed by atoms with Gasteiger partial charge in [0.25, 0.3) is 5.91 Å². The third kappa shape index (κ3) is 6.40. The van der Waals surface area contributed by atoms with E-state index in [4.69, 9.17) is 9.72 Å². The van der Waals surface area contributed by atoms with Crippen LogP contribution in [0, 0.1) is 0 Å². The number of aryl methyl sites for hydroxylation is 1. The Morgan fingerprint density at radius 1 is 0.935 bits per heavy atom. The number of pyridine rings is 1. The second kappa shape index (κ2) is 13.2. The van der Waals surface area contributed by atoms with Gasteiger partial charge in [-0.05, 0) is 77.9 Å². The van der Waals surface area contributed by atoms with Crippen molar-refractivity contribution in [3.8, 4) is 16.9 Å². The summed E-state index contributed by atoms with van der Waals surface area (Å²) in [6, 6.07) is 25.7. The van der Waals surface area contributed by atoms with Gasteiger partial charge >= 0.3 is 0 Å². The Morgan fingerprint density at radius 2 is 1.80 bits per heavy atom. The zero-order valence-corrected chi connectivity index (χ0v) is 26.9. The molecule has 1 amide bonds. The van der Waals surface area contributed by atoms with Crippen molar-refractivity contribution in [1.29, 1.82) is 0 Å². The van der Waals surface area contributed by atoms with Crippen LogP contribution in [0.15, 0.2) is 91.3 Å². The van der Waals surface area contributed by atoms with E-state index in [9.17, 15) is 9.59 Å². The molecule has 10 heteroatoms. The molecule has 0 spiro atoms. The van der Waals surface area contributed by atoms with Crippen LogP contribution in [-0.4, -0.2) is 39.8 Å². The van der Waals surface area contributed by atoms with Gasteiger partial charge in [0, 0.05) is 42.8 Å². The highest BCUT2D eigenvalue weighted by Gasteiger charge is 2.26. The molecule has 1 aliphatic heterocycles. The van der Waals surface area contributed by atoms with Crippen molar-refractivity contribution in [3.63, 3.8) is 0 Å². The molecule has 7 rings (SSSR count). The predicted molar refractivity (Wildman–Crippen MR) is 184 cm³/mol. The number of benzene rings is 3. The lowest BCUT2D eigenvalue weighted by Crippen LogP contribution is -2.32. The Bertz CT molecular complexity index is 1990. The summed E-state index contributed by atoms with van der Waals surface area (Å²) in [7, 11) is 0. The molecule has 0 fully saturated rings. The third-order valence-corrected chi connectivity index (χ3v) is 10.1. The van der Waals surface area contributed by atoms with Gasteiger partial charge in [-0.2, -0.15) is 0 Å². The number of hydrogen-bond acceptors (Lipinski definition) is 9. The molecular formula is C36H31N5O3S2. The number of aromatic nitrogens is 3. The largest absolute Gasteiger partial charge is 0.494 e. The number of anilines is 2. The maximum absolute atomic E-state index is 13.4. The molecular weight excluding hydrogens is 615 g/mol. The van der Waals surface area contributed by atoms with Crippen LogP contribution in [0.2, 0.25) is 0 Å². The first kappa shape index (κ1) is 29.8. The molecule has 46 heavy (non-hydrogen) atoms. The summed E-state index contributed by atoms with van der Waals surface area (Å²) in [6.45, 7) is 3.40. The zero-order valence-electron chi connectivity index (χ0n) is 25.2. The molecule has 230 valence electrons. The second-order valence-electron chi connectivity index (χ2n) is 11.1. The second-order valence-corrected chi connectivity index (χ2v) is 13.2. The van der Waals surface area contributed by atoms with Gasteiger partial charge in [-0.25, -0.2) is 9.97 Å². The van der Waals surface area contributed by atoms with Crippen molar-refractivity contribution in [2.75, 3.05) is 23.4 Å². The van der Waals surface area contributed by atoms with Crippen molar-refractivity contribution >= 4 is 54.8 Å². The number of hydrogen-bond donors (Lipinski definition) is 1. The van der Waals surface area contributed by atoms with Gasteiger partial charge in [-0.15, -0.1) is 11.3 Å². The van der Waals surface area contributed by atoms with Crippen LogP contribution in [0.1, 0.15) is 50.2 Å². The van der Waals surface area contributed by atoms with E-state index in [-0.39, 0.29) is 11.7 Å². The number of carbonyl (C=O) groups is 2.